The Morgan fingerprint density at radius 3 is 2.79 bits per heavy atom. The highest BCUT2D eigenvalue weighted by Gasteiger charge is 2.22. The number of fused-ring (bicyclic) bond motifs is 1. The molecular weight excluding hydrogens is 238 g/mol. The van der Waals surface area contributed by atoms with E-state index in [1.807, 2.05) is 18.2 Å². The van der Waals surface area contributed by atoms with E-state index in [0.717, 1.165) is 42.3 Å². The van der Waals surface area contributed by atoms with Crippen molar-refractivity contribution >= 4 is 16.9 Å². The molecule has 19 heavy (non-hydrogen) atoms. The molecule has 102 valence electrons. The van der Waals surface area contributed by atoms with Gasteiger partial charge in [-0.1, -0.05) is 44.4 Å². The molecule has 1 atom stereocenters. The number of carbonyl (C=O) groups excluding carboxylic acids is 1. The summed E-state index contributed by atoms with van der Waals surface area (Å²) in [5.74, 6) is -0.327. The van der Waals surface area contributed by atoms with Crippen molar-refractivity contribution in [2.45, 2.75) is 38.5 Å². The van der Waals surface area contributed by atoms with Crippen LogP contribution in [0.4, 0.5) is 0 Å². The number of ether oxygens (including phenoxy) is 1. The molecule has 0 saturated carbocycles. The first kappa shape index (κ1) is 13.7. The topological polar surface area (TPSA) is 42.1 Å². The third-order valence-corrected chi connectivity index (χ3v) is 3.51. The molecule has 0 radical (unpaired) electrons. The van der Waals surface area contributed by atoms with Crippen molar-refractivity contribution in [3.05, 3.63) is 36.0 Å². The molecule has 3 heteroatoms. The SMILES string of the molecule is CCCCCC(C(=O)OC)c1cc2ccccc2[nH]1. The molecule has 0 fully saturated rings. The maximum atomic E-state index is 11.9. The summed E-state index contributed by atoms with van der Waals surface area (Å²) in [7, 11) is 1.46. The molecule has 1 unspecified atom stereocenters. The van der Waals surface area contributed by atoms with Gasteiger partial charge >= 0.3 is 5.97 Å². The van der Waals surface area contributed by atoms with E-state index in [-0.39, 0.29) is 11.9 Å². The summed E-state index contributed by atoms with van der Waals surface area (Å²) in [5, 5.41) is 1.14. The van der Waals surface area contributed by atoms with Crippen molar-refractivity contribution in [1.82, 2.24) is 4.98 Å². The Kier molecular flexibility index (Phi) is 4.61. The van der Waals surface area contributed by atoms with Crippen molar-refractivity contribution in [2.75, 3.05) is 7.11 Å². The lowest BCUT2D eigenvalue weighted by molar-refractivity contribution is -0.142. The lowest BCUT2D eigenvalue weighted by atomic mass is 9.98. The lowest BCUT2D eigenvalue weighted by Crippen LogP contribution is -2.14. The average Bonchev–Trinajstić information content (AvgIpc) is 2.86. The van der Waals surface area contributed by atoms with Crippen molar-refractivity contribution in [2.24, 2.45) is 0 Å². The molecule has 0 aliphatic heterocycles. The fourth-order valence-corrected chi connectivity index (χ4v) is 2.42. The second-order valence-electron chi connectivity index (χ2n) is 4.88. The Morgan fingerprint density at radius 2 is 2.11 bits per heavy atom. The maximum absolute atomic E-state index is 11.9. The lowest BCUT2D eigenvalue weighted by Gasteiger charge is -2.12. The number of aromatic amines is 1. The first-order chi connectivity index (χ1) is 9.26. The fraction of sp³-hybridized carbons (Fsp3) is 0.438. The van der Waals surface area contributed by atoms with Crippen molar-refractivity contribution in [3.8, 4) is 0 Å². The fourth-order valence-electron chi connectivity index (χ4n) is 2.42. The van der Waals surface area contributed by atoms with Gasteiger partial charge in [0.25, 0.3) is 0 Å². The first-order valence-electron chi connectivity index (χ1n) is 6.91. The number of hydrogen-bond acceptors (Lipinski definition) is 2. The molecular formula is C16H21NO2. The van der Waals surface area contributed by atoms with E-state index in [1.165, 1.54) is 7.11 Å². The van der Waals surface area contributed by atoms with Crippen molar-refractivity contribution in [1.29, 1.82) is 0 Å². The van der Waals surface area contributed by atoms with Gasteiger partial charge in [0.05, 0.1) is 13.0 Å². The standard InChI is InChI=1S/C16H21NO2/c1-3-4-5-9-13(16(18)19-2)15-11-12-8-6-7-10-14(12)17-15/h6-8,10-11,13,17H,3-5,9H2,1-2H3. The van der Waals surface area contributed by atoms with Crippen LogP contribution in [-0.4, -0.2) is 18.1 Å². The van der Waals surface area contributed by atoms with Gasteiger partial charge in [-0.15, -0.1) is 0 Å². The van der Waals surface area contributed by atoms with Crippen LogP contribution in [-0.2, 0) is 9.53 Å². The van der Waals surface area contributed by atoms with Gasteiger partial charge in [0, 0.05) is 11.2 Å². The van der Waals surface area contributed by atoms with E-state index in [1.54, 1.807) is 0 Å². The molecule has 0 spiro atoms. The van der Waals surface area contributed by atoms with Crippen LogP contribution in [0.25, 0.3) is 10.9 Å². The molecule has 0 amide bonds. The summed E-state index contributed by atoms with van der Waals surface area (Å²) < 4.78 is 4.93. The largest absolute Gasteiger partial charge is 0.469 e. The quantitative estimate of drug-likeness (QED) is 0.629. The molecule has 0 bridgehead atoms. The minimum atomic E-state index is -0.177. The summed E-state index contributed by atoms with van der Waals surface area (Å²) in [6.45, 7) is 2.16. The summed E-state index contributed by atoms with van der Waals surface area (Å²) in [4.78, 5) is 15.3. The number of unbranched alkanes of at least 4 members (excludes halogenated alkanes) is 2. The van der Waals surface area contributed by atoms with Crippen LogP contribution in [0.2, 0.25) is 0 Å². The van der Waals surface area contributed by atoms with Crippen LogP contribution in [0.1, 0.15) is 44.2 Å². The Labute approximate surface area is 114 Å². The molecule has 0 aliphatic rings. The number of benzene rings is 1. The van der Waals surface area contributed by atoms with Crippen LogP contribution >= 0.6 is 0 Å². The Hall–Kier alpha value is -1.77. The Morgan fingerprint density at radius 1 is 1.32 bits per heavy atom. The van der Waals surface area contributed by atoms with Gasteiger partial charge in [-0.3, -0.25) is 4.79 Å². The van der Waals surface area contributed by atoms with E-state index in [0.29, 0.717) is 0 Å². The van der Waals surface area contributed by atoms with Crippen LogP contribution in [0.5, 0.6) is 0 Å². The Bertz CT molecular complexity index is 511. The molecule has 1 aromatic heterocycles. The van der Waals surface area contributed by atoms with Gasteiger partial charge in [0.15, 0.2) is 0 Å². The number of rotatable bonds is 6. The van der Waals surface area contributed by atoms with Crippen molar-refractivity contribution < 1.29 is 9.53 Å². The summed E-state index contributed by atoms with van der Waals surface area (Å²) in [5.41, 5.74) is 2.03. The number of aromatic nitrogens is 1. The van der Waals surface area contributed by atoms with Gasteiger partial charge < -0.3 is 9.72 Å². The molecule has 2 rings (SSSR count). The van der Waals surface area contributed by atoms with Gasteiger partial charge in [-0.2, -0.15) is 0 Å². The van der Waals surface area contributed by atoms with E-state index in [9.17, 15) is 4.79 Å². The third kappa shape index (κ3) is 3.16. The van der Waals surface area contributed by atoms with Crippen LogP contribution < -0.4 is 0 Å². The Balaban J connectivity index is 2.23. The highest BCUT2D eigenvalue weighted by Crippen LogP contribution is 2.26. The zero-order chi connectivity index (χ0) is 13.7. The number of nitrogens with one attached hydrogen (secondary N) is 1. The number of para-hydroxylation sites is 1. The van der Waals surface area contributed by atoms with Gasteiger partial charge in [-0.05, 0) is 23.9 Å². The maximum Gasteiger partial charge on any atom is 0.314 e. The highest BCUT2D eigenvalue weighted by atomic mass is 16.5. The van der Waals surface area contributed by atoms with Crippen LogP contribution in [0, 0.1) is 0 Å². The van der Waals surface area contributed by atoms with E-state index in [2.05, 4.69) is 24.0 Å². The van der Waals surface area contributed by atoms with E-state index in [4.69, 9.17) is 4.74 Å². The van der Waals surface area contributed by atoms with Gasteiger partial charge in [-0.25, -0.2) is 0 Å². The number of carbonyl (C=O) groups is 1. The molecule has 0 aliphatic carbocycles. The average molecular weight is 259 g/mol. The van der Waals surface area contributed by atoms with E-state index < -0.39 is 0 Å². The number of methoxy groups -OCH3 is 1. The predicted octanol–water partition coefficient (Wildman–Crippen LogP) is 4.00. The monoisotopic (exact) mass is 259 g/mol. The smallest absolute Gasteiger partial charge is 0.314 e. The molecule has 1 N–H and O–H groups in total. The normalized spacial score (nSPS) is 12.5. The summed E-state index contributed by atoms with van der Waals surface area (Å²) in [6, 6.07) is 10.1. The first-order valence-corrected chi connectivity index (χ1v) is 6.91. The molecule has 1 aromatic carbocycles. The third-order valence-electron chi connectivity index (χ3n) is 3.51. The number of H-pyrrole nitrogens is 1. The zero-order valence-electron chi connectivity index (χ0n) is 11.6. The van der Waals surface area contributed by atoms with Crippen molar-refractivity contribution in [3.63, 3.8) is 0 Å². The van der Waals surface area contributed by atoms with E-state index >= 15 is 0 Å². The second kappa shape index (κ2) is 6.41. The predicted molar refractivity (Wildman–Crippen MR) is 77.2 cm³/mol. The minimum absolute atomic E-state index is 0.150. The summed E-state index contributed by atoms with van der Waals surface area (Å²) >= 11 is 0. The molecule has 1 heterocycles. The summed E-state index contributed by atoms with van der Waals surface area (Å²) in [6.07, 6.45) is 4.19. The van der Waals surface area contributed by atoms with Gasteiger partial charge in [0.1, 0.15) is 0 Å². The number of hydrogen-bond donors (Lipinski definition) is 1. The van der Waals surface area contributed by atoms with Crippen LogP contribution in [0.3, 0.4) is 0 Å². The number of esters is 1. The molecule has 2 aromatic rings. The zero-order valence-corrected chi connectivity index (χ0v) is 11.6. The molecule has 3 nitrogen and oxygen atoms in total. The second-order valence-corrected chi connectivity index (χ2v) is 4.88. The molecule has 0 saturated heterocycles. The highest BCUT2D eigenvalue weighted by molar-refractivity contribution is 5.84. The minimum Gasteiger partial charge on any atom is -0.469 e. The van der Waals surface area contributed by atoms with Crippen LogP contribution in [0.15, 0.2) is 30.3 Å². The van der Waals surface area contributed by atoms with Gasteiger partial charge in [0.2, 0.25) is 0 Å².